The molecule has 4 heteroatoms. The number of halogens is 3. The summed E-state index contributed by atoms with van der Waals surface area (Å²) in [4.78, 5) is 11.8. The van der Waals surface area contributed by atoms with Gasteiger partial charge in [0.2, 0.25) is 0 Å². The molecule has 17 heavy (non-hydrogen) atoms. The minimum absolute atomic E-state index is 0.0881. The van der Waals surface area contributed by atoms with Gasteiger partial charge in [-0.25, -0.2) is 8.78 Å². The van der Waals surface area contributed by atoms with Gasteiger partial charge in [-0.3, -0.25) is 4.79 Å². The summed E-state index contributed by atoms with van der Waals surface area (Å²) in [5.41, 5.74) is 0.368. The molecule has 0 fully saturated rings. The van der Waals surface area contributed by atoms with Crippen LogP contribution in [0.4, 0.5) is 8.78 Å². The third-order valence-corrected chi connectivity index (χ3v) is 3.15. The molecule has 0 saturated heterocycles. The topological polar surface area (TPSA) is 17.1 Å². The van der Waals surface area contributed by atoms with Crippen molar-refractivity contribution in [3.8, 4) is 0 Å². The number of ketones is 1. The molecule has 0 aromatic heterocycles. The van der Waals surface area contributed by atoms with Gasteiger partial charge in [-0.1, -0.05) is 19.4 Å². The van der Waals surface area contributed by atoms with Crippen molar-refractivity contribution >= 4 is 21.7 Å². The molecule has 1 aromatic carbocycles. The first kappa shape index (κ1) is 14.0. The van der Waals surface area contributed by atoms with Crippen LogP contribution in [0.5, 0.6) is 0 Å². The van der Waals surface area contributed by atoms with Crippen molar-refractivity contribution in [1.29, 1.82) is 0 Å². The van der Waals surface area contributed by atoms with E-state index >= 15 is 0 Å². The lowest BCUT2D eigenvalue weighted by Gasteiger charge is -2.04. The summed E-state index contributed by atoms with van der Waals surface area (Å²) >= 11 is 2.93. The highest BCUT2D eigenvalue weighted by molar-refractivity contribution is 9.10. The average molecular weight is 303 g/mol. The van der Waals surface area contributed by atoms with Crippen molar-refractivity contribution in [2.45, 2.75) is 26.7 Å². The van der Waals surface area contributed by atoms with E-state index in [1.165, 1.54) is 12.1 Å². The normalized spacial score (nSPS) is 10.2. The summed E-state index contributed by atoms with van der Waals surface area (Å²) < 4.78 is 27.2. The van der Waals surface area contributed by atoms with Gasteiger partial charge in [-0.15, -0.1) is 0 Å². The number of carbonyl (C=O) groups excluding carboxylic acids is 1. The van der Waals surface area contributed by atoms with Crippen LogP contribution in [0.2, 0.25) is 0 Å². The molecule has 0 spiro atoms. The number of hydrogen-bond acceptors (Lipinski definition) is 1. The summed E-state index contributed by atoms with van der Waals surface area (Å²) in [5, 5.41) is 0. The fourth-order valence-electron chi connectivity index (χ4n) is 1.46. The summed E-state index contributed by atoms with van der Waals surface area (Å²) in [6.45, 7) is 3.80. The predicted molar refractivity (Wildman–Crippen MR) is 67.1 cm³/mol. The Labute approximate surface area is 108 Å². The quantitative estimate of drug-likeness (QED) is 0.449. The molecular weight excluding hydrogens is 290 g/mol. The molecule has 0 bridgehead atoms. The SMILES string of the molecule is CCC(=CC(=O)c1c(F)ccc(Br)c1F)CC. The first-order chi connectivity index (χ1) is 8.01. The lowest BCUT2D eigenvalue weighted by Crippen LogP contribution is -2.04. The maximum absolute atomic E-state index is 13.6. The molecule has 0 N–H and O–H groups in total. The minimum Gasteiger partial charge on any atom is -0.289 e. The monoisotopic (exact) mass is 302 g/mol. The number of benzene rings is 1. The average Bonchev–Trinajstić information content (AvgIpc) is 2.31. The van der Waals surface area contributed by atoms with Gasteiger partial charge in [-0.2, -0.15) is 0 Å². The van der Waals surface area contributed by atoms with Gasteiger partial charge in [0.1, 0.15) is 5.82 Å². The third-order valence-electron chi connectivity index (χ3n) is 2.53. The lowest BCUT2D eigenvalue weighted by atomic mass is 10.0. The molecule has 0 atom stereocenters. The lowest BCUT2D eigenvalue weighted by molar-refractivity contribution is 0.103. The van der Waals surface area contributed by atoms with Crippen LogP contribution in [-0.4, -0.2) is 5.78 Å². The van der Waals surface area contributed by atoms with E-state index in [9.17, 15) is 13.6 Å². The van der Waals surface area contributed by atoms with E-state index in [1.54, 1.807) is 0 Å². The highest BCUT2D eigenvalue weighted by atomic mass is 79.9. The largest absolute Gasteiger partial charge is 0.289 e. The molecular formula is C13H13BrF2O. The highest BCUT2D eigenvalue weighted by Gasteiger charge is 2.18. The fraction of sp³-hybridized carbons (Fsp3) is 0.308. The van der Waals surface area contributed by atoms with Crippen LogP contribution in [-0.2, 0) is 0 Å². The number of rotatable bonds is 4. The van der Waals surface area contributed by atoms with Gasteiger partial charge in [0.25, 0.3) is 0 Å². The van der Waals surface area contributed by atoms with E-state index in [2.05, 4.69) is 15.9 Å². The zero-order valence-electron chi connectivity index (χ0n) is 9.69. The zero-order chi connectivity index (χ0) is 13.0. The molecule has 0 unspecified atom stereocenters. The molecule has 0 amide bonds. The van der Waals surface area contributed by atoms with Gasteiger partial charge in [0.15, 0.2) is 11.6 Å². The highest BCUT2D eigenvalue weighted by Crippen LogP contribution is 2.23. The van der Waals surface area contributed by atoms with E-state index in [0.717, 1.165) is 11.6 Å². The molecule has 0 radical (unpaired) electrons. The number of allylic oxidation sites excluding steroid dienone is 2. The second kappa shape index (κ2) is 6.05. The van der Waals surface area contributed by atoms with E-state index < -0.39 is 23.0 Å². The summed E-state index contributed by atoms with van der Waals surface area (Å²) in [6.07, 6.45) is 2.70. The standard InChI is InChI=1S/C13H13BrF2O/c1-3-8(4-2)7-11(17)12-10(15)6-5-9(14)13(12)16/h5-7H,3-4H2,1-2H3. The second-order valence-electron chi connectivity index (χ2n) is 3.59. The number of carbonyl (C=O) groups is 1. The van der Waals surface area contributed by atoms with Crippen molar-refractivity contribution in [1.82, 2.24) is 0 Å². The first-order valence-electron chi connectivity index (χ1n) is 5.38. The van der Waals surface area contributed by atoms with Crippen LogP contribution in [0, 0.1) is 11.6 Å². The molecule has 0 aliphatic rings. The third kappa shape index (κ3) is 3.22. The molecule has 1 aromatic rings. The van der Waals surface area contributed by atoms with Crippen molar-refractivity contribution in [3.63, 3.8) is 0 Å². The van der Waals surface area contributed by atoms with Crippen molar-refractivity contribution in [3.05, 3.63) is 45.5 Å². The Kier molecular flexibility index (Phi) is 5.00. The Hall–Kier alpha value is -1.03. The first-order valence-corrected chi connectivity index (χ1v) is 6.17. The maximum Gasteiger partial charge on any atom is 0.191 e. The van der Waals surface area contributed by atoms with Crippen LogP contribution in [0.25, 0.3) is 0 Å². The molecule has 1 rings (SSSR count). The van der Waals surface area contributed by atoms with Gasteiger partial charge in [-0.05, 0) is 47.0 Å². The molecule has 0 saturated carbocycles. The van der Waals surface area contributed by atoms with Crippen molar-refractivity contribution in [2.24, 2.45) is 0 Å². The molecule has 0 heterocycles. The number of hydrogen-bond donors (Lipinski definition) is 0. The Bertz CT molecular complexity index is 461. The van der Waals surface area contributed by atoms with Crippen LogP contribution in [0.15, 0.2) is 28.3 Å². The van der Waals surface area contributed by atoms with Gasteiger partial charge in [0.05, 0.1) is 10.0 Å². The maximum atomic E-state index is 13.6. The van der Waals surface area contributed by atoms with E-state index in [0.29, 0.717) is 12.8 Å². The van der Waals surface area contributed by atoms with Gasteiger partial charge >= 0.3 is 0 Å². The van der Waals surface area contributed by atoms with Crippen LogP contribution in [0.3, 0.4) is 0 Å². The summed E-state index contributed by atoms with van der Waals surface area (Å²) in [6, 6.07) is 2.32. The van der Waals surface area contributed by atoms with Gasteiger partial charge in [0, 0.05) is 0 Å². The fourth-order valence-corrected chi connectivity index (χ4v) is 1.80. The smallest absolute Gasteiger partial charge is 0.191 e. The molecule has 92 valence electrons. The van der Waals surface area contributed by atoms with Crippen LogP contribution in [0.1, 0.15) is 37.0 Å². The van der Waals surface area contributed by atoms with Crippen molar-refractivity contribution < 1.29 is 13.6 Å². The zero-order valence-corrected chi connectivity index (χ0v) is 11.3. The Morgan fingerprint density at radius 1 is 1.29 bits per heavy atom. The van der Waals surface area contributed by atoms with E-state index in [4.69, 9.17) is 0 Å². The second-order valence-corrected chi connectivity index (χ2v) is 4.45. The minimum atomic E-state index is -0.849. The Morgan fingerprint density at radius 3 is 2.41 bits per heavy atom. The molecule has 0 aliphatic carbocycles. The van der Waals surface area contributed by atoms with Crippen LogP contribution >= 0.6 is 15.9 Å². The van der Waals surface area contributed by atoms with E-state index in [-0.39, 0.29) is 4.47 Å². The predicted octanol–water partition coefficient (Wildman–Crippen LogP) is 4.66. The molecule has 1 nitrogen and oxygen atoms in total. The van der Waals surface area contributed by atoms with Gasteiger partial charge < -0.3 is 0 Å². The summed E-state index contributed by atoms with van der Waals surface area (Å²) in [7, 11) is 0. The van der Waals surface area contributed by atoms with Crippen molar-refractivity contribution in [2.75, 3.05) is 0 Å². The Balaban J connectivity index is 3.21. The Morgan fingerprint density at radius 2 is 1.88 bits per heavy atom. The van der Waals surface area contributed by atoms with E-state index in [1.807, 2.05) is 13.8 Å². The molecule has 0 aliphatic heterocycles. The van der Waals surface area contributed by atoms with Crippen LogP contribution < -0.4 is 0 Å². The summed E-state index contributed by atoms with van der Waals surface area (Å²) in [5.74, 6) is -2.31.